The Bertz CT molecular complexity index is 273. The Kier molecular flexibility index (Phi) is 20.9. The maximum atomic E-state index is 11.4. The number of carbonyl (C=O) groups is 2. The molecule has 0 rings (SSSR count). The van der Waals surface area contributed by atoms with Gasteiger partial charge >= 0.3 is 29.6 Å². The maximum absolute atomic E-state index is 11.4. The zero-order valence-electron chi connectivity index (χ0n) is 14.6. The summed E-state index contributed by atoms with van der Waals surface area (Å²) in [6.07, 6.45) is 14.3. The van der Waals surface area contributed by atoms with Crippen LogP contribution in [0.15, 0.2) is 0 Å². The van der Waals surface area contributed by atoms with E-state index in [-0.39, 0.29) is 48.4 Å². The first-order valence-electron chi connectivity index (χ1n) is 8.63. The number of carboxylic acid groups (broad SMARTS) is 1. The number of hydrogen-bond donors (Lipinski definition) is 1. The minimum atomic E-state index is -1.12. The van der Waals surface area contributed by atoms with Crippen molar-refractivity contribution in [3.05, 3.63) is 0 Å². The summed E-state index contributed by atoms with van der Waals surface area (Å²) in [6.45, 7) is 2.42. The monoisotopic (exact) mass is 321 g/mol. The number of rotatable bonds is 15. The molecule has 0 heterocycles. The van der Waals surface area contributed by atoms with Gasteiger partial charge in [-0.25, -0.2) is 0 Å². The summed E-state index contributed by atoms with van der Waals surface area (Å²) in [6, 6.07) is 0. The molecule has 0 spiro atoms. The molecule has 1 amide bonds. The fraction of sp³-hybridized carbons (Fsp3) is 0.882. The van der Waals surface area contributed by atoms with Gasteiger partial charge in [0.15, 0.2) is 0 Å². The minimum Gasteiger partial charge on any atom is -0.550 e. The fourth-order valence-electron chi connectivity index (χ4n) is 2.34. The van der Waals surface area contributed by atoms with E-state index < -0.39 is 5.97 Å². The topological polar surface area (TPSA) is 69.2 Å². The molecule has 1 N–H and O–H groups in total. The molecule has 5 heteroatoms. The number of nitrogens with one attached hydrogen (secondary N) is 1. The van der Waals surface area contributed by atoms with Crippen LogP contribution in [0.25, 0.3) is 0 Å². The zero-order chi connectivity index (χ0) is 15.8. The van der Waals surface area contributed by atoms with E-state index >= 15 is 0 Å². The van der Waals surface area contributed by atoms with Crippen molar-refractivity contribution in [3.8, 4) is 0 Å². The molecule has 0 saturated heterocycles. The van der Waals surface area contributed by atoms with Crippen molar-refractivity contribution in [3.63, 3.8) is 0 Å². The van der Waals surface area contributed by atoms with Crippen LogP contribution in [-0.2, 0) is 9.59 Å². The van der Waals surface area contributed by atoms with Crippen molar-refractivity contribution in [2.75, 3.05) is 6.54 Å². The summed E-state index contributed by atoms with van der Waals surface area (Å²) < 4.78 is 0. The second-order valence-electron chi connectivity index (χ2n) is 5.76. The van der Waals surface area contributed by atoms with E-state index in [1.165, 1.54) is 57.8 Å². The predicted octanol–water partition coefficient (Wildman–Crippen LogP) is -0.0523. The van der Waals surface area contributed by atoms with Gasteiger partial charge in [0.2, 0.25) is 5.91 Å². The van der Waals surface area contributed by atoms with Gasteiger partial charge in [0, 0.05) is 25.4 Å². The molecule has 0 aliphatic rings. The van der Waals surface area contributed by atoms with Crippen LogP contribution in [0.2, 0.25) is 0 Å². The van der Waals surface area contributed by atoms with Crippen molar-refractivity contribution >= 4 is 11.9 Å². The third-order valence-electron chi connectivity index (χ3n) is 3.66. The molecule has 0 atom stereocenters. The van der Waals surface area contributed by atoms with Crippen molar-refractivity contribution in [1.29, 1.82) is 0 Å². The van der Waals surface area contributed by atoms with Crippen LogP contribution in [0.1, 0.15) is 90.4 Å². The van der Waals surface area contributed by atoms with E-state index in [4.69, 9.17) is 0 Å². The Labute approximate surface area is 158 Å². The van der Waals surface area contributed by atoms with Crippen LogP contribution in [0, 0.1) is 0 Å². The van der Waals surface area contributed by atoms with E-state index in [9.17, 15) is 14.7 Å². The summed E-state index contributed by atoms with van der Waals surface area (Å²) in [5.41, 5.74) is 0. The Morgan fingerprint density at radius 1 is 0.773 bits per heavy atom. The molecule has 4 nitrogen and oxygen atoms in total. The number of aliphatic carboxylic acids is 1. The van der Waals surface area contributed by atoms with E-state index in [2.05, 4.69) is 12.2 Å². The second-order valence-corrected chi connectivity index (χ2v) is 5.76. The van der Waals surface area contributed by atoms with Crippen molar-refractivity contribution in [2.24, 2.45) is 0 Å². The Balaban J connectivity index is 0. The van der Waals surface area contributed by atoms with E-state index in [0.29, 0.717) is 6.42 Å². The van der Waals surface area contributed by atoms with Crippen LogP contribution < -0.4 is 40.0 Å². The van der Waals surface area contributed by atoms with E-state index in [1.54, 1.807) is 0 Å². The molecular formula is C17H32NNaO3. The van der Waals surface area contributed by atoms with Gasteiger partial charge < -0.3 is 15.2 Å². The van der Waals surface area contributed by atoms with Gasteiger partial charge in [-0.3, -0.25) is 4.79 Å². The van der Waals surface area contributed by atoms with Crippen LogP contribution in [0.3, 0.4) is 0 Å². The molecule has 0 unspecified atom stereocenters. The van der Waals surface area contributed by atoms with Gasteiger partial charge in [0.25, 0.3) is 0 Å². The van der Waals surface area contributed by atoms with Crippen LogP contribution >= 0.6 is 0 Å². The molecule has 0 aromatic heterocycles. The summed E-state index contributed by atoms with van der Waals surface area (Å²) in [4.78, 5) is 21.5. The van der Waals surface area contributed by atoms with Gasteiger partial charge in [0.1, 0.15) is 0 Å². The molecule has 0 aromatic rings. The Hall–Kier alpha value is -0.0600. The van der Waals surface area contributed by atoms with Gasteiger partial charge in [-0.2, -0.15) is 0 Å². The second kappa shape index (κ2) is 19.0. The number of carbonyl (C=O) groups excluding carboxylic acids is 2. The molecule has 22 heavy (non-hydrogen) atoms. The molecule has 0 aromatic carbocycles. The normalized spacial score (nSPS) is 10.0. The molecular weight excluding hydrogens is 289 g/mol. The van der Waals surface area contributed by atoms with Crippen LogP contribution in [0.5, 0.6) is 0 Å². The summed E-state index contributed by atoms with van der Waals surface area (Å²) in [5.74, 6) is -1.17. The van der Waals surface area contributed by atoms with Crippen LogP contribution in [0.4, 0.5) is 0 Å². The van der Waals surface area contributed by atoms with E-state index in [1.807, 2.05) is 0 Å². The summed E-state index contributed by atoms with van der Waals surface area (Å²) >= 11 is 0. The first-order valence-corrected chi connectivity index (χ1v) is 8.63. The molecule has 0 saturated carbocycles. The maximum Gasteiger partial charge on any atom is 1.00 e. The van der Waals surface area contributed by atoms with Crippen LogP contribution in [-0.4, -0.2) is 18.4 Å². The molecule has 124 valence electrons. The molecule has 0 fully saturated rings. The van der Waals surface area contributed by atoms with Gasteiger partial charge in [-0.05, 0) is 6.42 Å². The first-order chi connectivity index (χ1) is 10.2. The van der Waals surface area contributed by atoms with Crippen molar-refractivity contribution in [1.82, 2.24) is 5.32 Å². The van der Waals surface area contributed by atoms with Gasteiger partial charge in [-0.15, -0.1) is 0 Å². The quantitative estimate of drug-likeness (QED) is 0.340. The fourth-order valence-corrected chi connectivity index (χ4v) is 2.34. The molecule has 0 aliphatic carbocycles. The average molecular weight is 321 g/mol. The SMILES string of the molecule is CCCCCCCCCCCCCC(=O)NCCC(=O)[O-].[Na+]. The average Bonchev–Trinajstić information content (AvgIpc) is 2.44. The number of carboxylic acids is 1. The van der Waals surface area contributed by atoms with Crippen molar-refractivity contribution < 1.29 is 44.3 Å². The number of unbranched alkanes of at least 4 members (excludes halogenated alkanes) is 10. The standard InChI is InChI=1S/C17H33NO3.Na/c1-2-3-4-5-6-7-8-9-10-11-12-13-16(19)18-15-14-17(20)21;/h2-15H2,1H3,(H,18,19)(H,20,21);/q;+1/p-1. The summed E-state index contributed by atoms with van der Waals surface area (Å²) in [5, 5.41) is 12.8. The third kappa shape index (κ3) is 19.9. The van der Waals surface area contributed by atoms with Crippen molar-refractivity contribution in [2.45, 2.75) is 90.4 Å². The first kappa shape index (κ1) is 24.2. The van der Waals surface area contributed by atoms with E-state index in [0.717, 1.165) is 12.8 Å². The smallest absolute Gasteiger partial charge is 0.550 e. The molecule has 0 aliphatic heterocycles. The predicted molar refractivity (Wildman–Crippen MR) is 83.7 cm³/mol. The molecule has 0 bridgehead atoms. The largest absolute Gasteiger partial charge is 1.00 e. The number of amides is 1. The Morgan fingerprint density at radius 3 is 1.68 bits per heavy atom. The van der Waals surface area contributed by atoms with Gasteiger partial charge in [0.05, 0.1) is 0 Å². The number of hydrogen-bond acceptors (Lipinski definition) is 3. The third-order valence-corrected chi connectivity index (χ3v) is 3.66. The Morgan fingerprint density at radius 2 is 1.23 bits per heavy atom. The minimum absolute atomic E-state index is 0. The summed E-state index contributed by atoms with van der Waals surface area (Å²) in [7, 11) is 0. The zero-order valence-corrected chi connectivity index (χ0v) is 16.6. The molecule has 0 radical (unpaired) electrons. The van der Waals surface area contributed by atoms with Gasteiger partial charge in [-0.1, -0.05) is 71.1 Å².